The zero-order chi connectivity index (χ0) is 25.1. The van der Waals surface area contributed by atoms with Gasteiger partial charge in [0, 0.05) is 30.1 Å². The van der Waals surface area contributed by atoms with Gasteiger partial charge in [-0.1, -0.05) is 41.9 Å². The number of benzene rings is 3. The number of nitrogens with one attached hydrogen (secondary N) is 1. The molecule has 1 N–H and O–H groups in total. The van der Waals surface area contributed by atoms with Crippen molar-refractivity contribution in [1.82, 2.24) is 14.5 Å². The first-order valence-electron chi connectivity index (χ1n) is 11.7. The summed E-state index contributed by atoms with van der Waals surface area (Å²) in [5.41, 5.74) is 3.33. The smallest absolute Gasteiger partial charge is 0.264 e. The van der Waals surface area contributed by atoms with Crippen molar-refractivity contribution in [2.24, 2.45) is 0 Å². The molecule has 0 aliphatic carbocycles. The minimum atomic E-state index is -0.183. The first-order chi connectivity index (χ1) is 17.5. The molecule has 1 aromatic heterocycles. The average Bonchev–Trinajstić information content (AvgIpc) is 2.92. The molecule has 36 heavy (non-hydrogen) atoms. The van der Waals surface area contributed by atoms with E-state index in [0.29, 0.717) is 53.0 Å². The first-order valence-corrected chi connectivity index (χ1v) is 12.0. The van der Waals surface area contributed by atoms with Crippen molar-refractivity contribution in [3.8, 4) is 11.4 Å². The molecule has 0 radical (unpaired) electrons. The third-order valence-electron chi connectivity index (χ3n) is 6.23. The molecule has 7 nitrogen and oxygen atoms in total. The number of ether oxygens (including phenoxy) is 1. The van der Waals surface area contributed by atoms with Gasteiger partial charge in [0.25, 0.3) is 11.5 Å². The van der Waals surface area contributed by atoms with Crippen LogP contribution in [0.25, 0.3) is 5.69 Å². The average molecular weight is 501 g/mol. The van der Waals surface area contributed by atoms with E-state index < -0.39 is 0 Å². The maximum absolute atomic E-state index is 13.8. The van der Waals surface area contributed by atoms with Crippen molar-refractivity contribution in [3.63, 3.8) is 0 Å². The van der Waals surface area contributed by atoms with Crippen LogP contribution >= 0.6 is 11.6 Å². The lowest BCUT2D eigenvalue weighted by Gasteiger charge is -2.29. The number of anilines is 1. The van der Waals surface area contributed by atoms with Gasteiger partial charge in [-0.3, -0.25) is 9.59 Å². The highest BCUT2D eigenvalue weighted by Gasteiger charge is 2.27. The second-order valence-corrected chi connectivity index (χ2v) is 8.96. The molecule has 3 aromatic carbocycles. The van der Waals surface area contributed by atoms with Gasteiger partial charge < -0.3 is 15.0 Å². The second kappa shape index (κ2) is 10.3. The summed E-state index contributed by atoms with van der Waals surface area (Å²) < 4.78 is 6.82. The molecule has 0 fully saturated rings. The molecule has 1 amide bonds. The van der Waals surface area contributed by atoms with Crippen LogP contribution in [0.4, 0.5) is 5.95 Å². The molecule has 0 atom stereocenters. The highest BCUT2D eigenvalue weighted by molar-refractivity contribution is 6.30. The zero-order valence-electron chi connectivity index (χ0n) is 19.8. The van der Waals surface area contributed by atoms with Crippen LogP contribution in [0.5, 0.6) is 5.75 Å². The lowest BCUT2D eigenvalue weighted by atomic mass is 10.1. The molecule has 0 unspecified atom stereocenters. The number of rotatable bonds is 6. The summed E-state index contributed by atoms with van der Waals surface area (Å²) in [6, 6.07) is 23.9. The van der Waals surface area contributed by atoms with Crippen LogP contribution in [0.1, 0.15) is 27.2 Å². The Morgan fingerprint density at radius 2 is 1.75 bits per heavy atom. The predicted molar refractivity (Wildman–Crippen MR) is 140 cm³/mol. The number of hydrogen-bond donors (Lipinski definition) is 1. The Hall–Kier alpha value is -4.10. The molecular weight excluding hydrogens is 476 g/mol. The van der Waals surface area contributed by atoms with Gasteiger partial charge in [-0.05, 0) is 54.1 Å². The van der Waals surface area contributed by atoms with Crippen LogP contribution in [-0.4, -0.2) is 34.0 Å². The van der Waals surface area contributed by atoms with Crippen molar-refractivity contribution in [3.05, 3.63) is 117 Å². The van der Waals surface area contributed by atoms with E-state index in [1.165, 1.54) is 0 Å². The third-order valence-corrected chi connectivity index (χ3v) is 6.48. The Kier molecular flexibility index (Phi) is 6.73. The fraction of sp³-hybridized carbons (Fsp3) is 0.179. The normalized spacial score (nSPS) is 12.7. The molecule has 182 valence electrons. The molecular formula is C28H25ClN4O3. The largest absolute Gasteiger partial charge is 0.497 e. The van der Waals surface area contributed by atoms with E-state index in [2.05, 4.69) is 5.32 Å². The van der Waals surface area contributed by atoms with Crippen LogP contribution in [0, 0.1) is 0 Å². The summed E-state index contributed by atoms with van der Waals surface area (Å²) in [6.07, 6.45) is 0.497. The molecule has 0 spiro atoms. The fourth-order valence-electron chi connectivity index (χ4n) is 4.28. The van der Waals surface area contributed by atoms with Crippen molar-refractivity contribution in [2.45, 2.75) is 19.5 Å². The number of hydrogen-bond acceptors (Lipinski definition) is 5. The zero-order valence-corrected chi connectivity index (χ0v) is 20.5. The number of carbonyl (C=O) groups is 1. The topological polar surface area (TPSA) is 76.5 Å². The number of methoxy groups -OCH3 is 1. The van der Waals surface area contributed by atoms with E-state index in [1.807, 2.05) is 54.6 Å². The van der Waals surface area contributed by atoms with Crippen LogP contribution in [0.2, 0.25) is 5.02 Å². The maximum atomic E-state index is 13.8. The van der Waals surface area contributed by atoms with Crippen molar-refractivity contribution >= 4 is 23.5 Å². The number of halogens is 1. The summed E-state index contributed by atoms with van der Waals surface area (Å²) in [4.78, 5) is 33.4. The van der Waals surface area contributed by atoms with Gasteiger partial charge in [0.05, 0.1) is 30.6 Å². The molecule has 8 heteroatoms. The minimum Gasteiger partial charge on any atom is -0.497 e. The Bertz CT molecular complexity index is 1440. The summed E-state index contributed by atoms with van der Waals surface area (Å²) >= 11 is 5.97. The SMILES string of the molecule is COc1ccc(CNc2nc3c(c(=O)n2-c2ccccc2)CN(C(=O)c2ccc(Cl)cc2)CC3)cc1. The Morgan fingerprint density at radius 3 is 2.44 bits per heavy atom. The lowest BCUT2D eigenvalue weighted by molar-refractivity contribution is 0.0732. The molecule has 2 heterocycles. The van der Waals surface area contributed by atoms with Gasteiger partial charge >= 0.3 is 0 Å². The number of carbonyl (C=O) groups excluding carboxylic acids is 1. The predicted octanol–water partition coefficient (Wildman–Crippen LogP) is 4.71. The third kappa shape index (κ3) is 4.83. The van der Waals surface area contributed by atoms with E-state index in [4.69, 9.17) is 21.3 Å². The van der Waals surface area contributed by atoms with E-state index in [9.17, 15) is 9.59 Å². The molecule has 0 saturated carbocycles. The van der Waals surface area contributed by atoms with Crippen molar-refractivity contribution < 1.29 is 9.53 Å². The highest BCUT2D eigenvalue weighted by atomic mass is 35.5. The fourth-order valence-corrected chi connectivity index (χ4v) is 4.41. The molecule has 1 aliphatic rings. The van der Waals surface area contributed by atoms with E-state index in [0.717, 1.165) is 11.3 Å². The van der Waals surface area contributed by atoms with Crippen LogP contribution in [0.3, 0.4) is 0 Å². The van der Waals surface area contributed by atoms with Gasteiger partial charge in [-0.2, -0.15) is 0 Å². The molecule has 0 saturated heterocycles. The van der Waals surface area contributed by atoms with Gasteiger partial charge in [0.2, 0.25) is 5.95 Å². The van der Waals surface area contributed by atoms with Crippen molar-refractivity contribution in [2.75, 3.05) is 19.0 Å². The number of aromatic nitrogens is 2. The van der Waals surface area contributed by atoms with Crippen molar-refractivity contribution in [1.29, 1.82) is 0 Å². The number of fused-ring (bicyclic) bond motifs is 1. The number of para-hydroxylation sites is 1. The Labute approximate surface area is 213 Å². The quantitative estimate of drug-likeness (QED) is 0.415. The first kappa shape index (κ1) is 23.6. The van der Waals surface area contributed by atoms with E-state index in [1.54, 1.807) is 40.8 Å². The molecule has 0 bridgehead atoms. The molecule has 1 aliphatic heterocycles. The second-order valence-electron chi connectivity index (χ2n) is 8.52. The van der Waals surface area contributed by atoms with Gasteiger partial charge in [0.15, 0.2) is 0 Å². The highest BCUT2D eigenvalue weighted by Crippen LogP contribution is 2.22. The standard InChI is InChI=1S/C28H25ClN4O3/c1-36-23-13-7-19(8-14-23)17-30-28-31-25-15-16-32(26(34)20-9-11-21(29)12-10-20)18-24(25)27(35)33(28)22-5-3-2-4-6-22/h2-14H,15-18H2,1H3,(H,30,31). The number of nitrogens with zero attached hydrogens (tertiary/aromatic N) is 3. The summed E-state index contributed by atoms with van der Waals surface area (Å²) in [7, 11) is 1.63. The van der Waals surface area contributed by atoms with Crippen LogP contribution < -0.4 is 15.6 Å². The Morgan fingerprint density at radius 1 is 1.03 bits per heavy atom. The maximum Gasteiger partial charge on any atom is 0.264 e. The monoisotopic (exact) mass is 500 g/mol. The minimum absolute atomic E-state index is 0.135. The van der Waals surface area contributed by atoms with Crippen LogP contribution in [-0.2, 0) is 19.5 Å². The number of amides is 1. The molecule has 5 rings (SSSR count). The molecule has 4 aromatic rings. The summed E-state index contributed by atoms with van der Waals surface area (Å²) in [5.74, 6) is 1.12. The van der Waals surface area contributed by atoms with E-state index >= 15 is 0 Å². The van der Waals surface area contributed by atoms with Crippen LogP contribution in [0.15, 0.2) is 83.7 Å². The van der Waals surface area contributed by atoms with Gasteiger partial charge in [-0.15, -0.1) is 0 Å². The Balaban J connectivity index is 1.48. The summed E-state index contributed by atoms with van der Waals surface area (Å²) in [6.45, 7) is 1.17. The van der Waals surface area contributed by atoms with Gasteiger partial charge in [0.1, 0.15) is 5.75 Å². The lowest BCUT2D eigenvalue weighted by Crippen LogP contribution is -2.41. The summed E-state index contributed by atoms with van der Waals surface area (Å²) in [5, 5.41) is 3.91. The van der Waals surface area contributed by atoms with Gasteiger partial charge in [-0.25, -0.2) is 9.55 Å². The van der Waals surface area contributed by atoms with E-state index in [-0.39, 0.29) is 18.0 Å².